The summed E-state index contributed by atoms with van der Waals surface area (Å²) in [5.41, 5.74) is 0.766. The molecule has 1 aromatic heterocycles. The molecule has 0 saturated heterocycles. The molecule has 114 valence electrons. The first-order valence-corrected chi connectivity index (χ1v) is 6.94. The van der Waals surface area contributed by atoms with Crippen molar-refractivity contribution in [2.24, 2.45) is 0 Å². The minimum atomic E-state index is -0.555. The molecule has 0 aliphatic heterocycles. The van der Waals surface area contributed by atoms with Crippen molar-refractivity contribution in [3.63, 3.8) is 0 Å². The van der Waals surface area contributed by atoms with Crippen molar-refractivity contribution in [2.45, 2.75) is 39.4 Å². The maximum Gasteiger partial charge on any atom is 0.264 e. The topological polar surface area (TPSA) is 77.6 Å². The van der Waals surface area contributed by atoms with Gasteiger partial charge in [0.05, 0.1) is 13.2 Å². The largest absolute Gasteiger partial charge is 0.493 e. The Kier molecular flexibility index (Phi) is 5.16. The van der Waals surface area contributed by atoms with Crippen LogP contribution in [-0.2, 0) is 13.0 Å². The van der Waals surface area contributed by atoms with E-state index >= 15 is 0 Å². The number of aromatic nitrogens is 2. The molecule has 21 heavy (non-hydrogen) atoms. The first kappa shape index (κ1) is 15.3. The molecule has 0 saturated carbocycles. The van der Waals surface area contributed by atoms with Crippen molar-refractivity contribution >= 4 is 0 Å². The molecule has 1 atom stereocenters. The molecule has 1 unspecified atom stereocenters. The third-order valence-corrected chi connectivity index (χ3v) is 3.00. The Hall–Kier alpha value is -2.08. The van der Waals surface area contributed by atoms with Crippen molar-refractivity contribution in [3.05, 3.63) is 35.5 Å². The van der Waals surface area contributed by atoms with E-state index < -0.39 is 6.10 Å². The number of ether oxygens (including phenoxy) is 2. The fourth-order valence-corrected chi connectivity index (χ4v) is 1.88. The Labute approximate surface area is 123 Å². The number of aliphatic hydroxyl groups is 1. The molecule has 0 amide bonds. The van der Waals surface area contributed by atoms with E-state index in [1.807, 2.05) is 0 Å². The van der Waals surface area contributed by atoms with Crippen LogP contribution in [-0.4, -0.2) is 22.4 Å². The first-order chi connectivity index (χ1) is 10.1. The summed E-state index contributed by atoms with van der Waals surface area (Å²) >= 11 is 0. The molecule has 0 aliphatic carbocycles. The molecule has 2 aromatic rings. The van der Waals surface area contributed by atoms with Crippen molar-refractivity contribution in [2.75, 3.05) is 7.11 Å². The highest BCUT2D eigenvalue weighted by Crippen LogP contribution is 2.30. The molecular weight excluding hydrogens is 272 g/mol. The van der Waals surface area contributed by atoms with Gasteiger partial charge in [-0.1, -0.05) is 18.1 Å². The van der Waals surface area contributed by atoms with E-state index in [9.17, 15) is 5.11 Å². The lowest BCUT2D eigenvalue weighted by Gasteiger charge is -2.12. The third kappa shape index (κ3) is 3.95. The van der Waals surface area contributed by atoms with Gasteiger partial charge in [-0.15, -0.1) is 0 Å². The molecule has 6 heteroatoms. The predicted molar refractivity (Wildman–Crippen MR) is 76.3 cm³/mol. The Morgan fingerprint density at radius 1 is 1.33 bits per heavy atom. The summed E-state index contributed by atoms with van der Waals surface area (Å²) in [4.78, 5) is 4.23. The van der Waals surface area contributed by atoms with E-state index in [1.54, 1.807) is 32.2 Å². The van der Waals surface area contributed by atoms with Crippen LogP contribution in [0.5, 0.6) is 11.5 Å². The van der Waals surface area contributed by atoms with Gasteiger partial charge < -0.3 is 19.1 Å². The molecule has 0 bridgehead atoms. The van der Waals surface area contributed by atoms with Crippen molar-refractivity contribution in [1.29, 1.82) is 0 Å². The lowest BCUT2D eigenvalue weighted by atomic mass is 10.1. The lowest BCUT2D eigenvalue weighted by Crippen LogP contribution is -2.00. The highest BCUT2D eigenvalue weighted by molar-refractivity contribution is 5.43. The summed E-state index contributed by atoms with van der Waals surface area (Å²) in [7, 11) is 1.56. The Morgan fingerprint density at radius 3 is 2.81 bits per heavy atom. The second kappa shape index (κ2) is 7.08. The average molecular weight is 292 g/mol. The van der Waals surface area contributed by atoms with E-state index in [2.05, 4.69) is 17.1 Å². The Bertz CT molecular complexity index is 581. The molecule has 0 spiro atoms. The maximum atomic E-state index is 9.57. The molecule has 0 aliphatic rings. The van der Waals surface area contributed by atoms with Crippen LogP contribution in [0, 0.1) is 0 Å². The van der Waals surface area contributed by atoms with Crippen LogP contribution in [0.15, 0.2) is 22.7 Å². The first-order valence-electron chi connectivity index (χ1n) is 6.94. The van der Waals surface area contributed by atoms with E-state index in [1.165, 1.54) is 0 Å². The number of hydrogen-bond donors (Lipinski definition) is 1. The standard InChI is InChI=1S/C15H20N2O4/c1-4-5-14-16-15(21-17-14)9-20-12-7-6-11(10(2)18)8-13(12)19-3/h6-8,10,18H,4-5,9H2,1-3H3. The molecule has 1 heterocycles. The normalized spacial score (nSPS) is 12.2. The number of benzene rings is 1. The summed E-state index contributed by atoms with van der Waals surface area (Å²) in [6.45, 7) is 3.94. The number of rotatable bonds is 7. The minimum Gasteiger partial charge on any atom is -0.493 e. The number of aliphatic hydroxyl groups excluding tert-OH is 1. The van der Waals surface area contributed by atoms with Crippen molar-refractivity contribution in [1.82, 2.24) is 10.1 Å². The molecule has 1 aromatic carbocycles. The van der Waals surface area contributed by atoms with Gasteiger partial charge in [0.15, 0.2) is 23.9 Å². The van der Waals surface area contributed by atoms with Crippen LogP contribution in [0.25, 0.3) is 0 Å². The van der Waals surface area contributed by atoms with Gasteiger partial charge in [0.2, 0.25) is 0 Å². The van der Waals surface area contributed by atoms with Gasteiger partial charge >= 0.3 is 0 Å². The van der Waals surface area contributed by atoms with Gasteiger partial charge in [-0.05, 0) is 31.0 Å². The zero-order valence-electron chi connectivity index (χ0n) is 12.5. The smallest absolute Gasteiger partial charge is 0.264 e. The fraction of sp³-hybridized carbons (Fsp3) is 0.467. The summed E-state index contributed by atoms with van der Waals surface area (Å²) in [6.07, 6.45) is 1.20. The fourth-order valence-electron chi connectivity index (χ4n) is 1.88. The second-order valence-electron chi connectivity index (χ2n) is 4.73. The molecule has 6 nitrogen and oxygen atoms in total. The van der Waals surface area contributed by atoms with Gasteiger partial charge in [0.1, 0.15) is 0 Å². The van der Waals surface area contributed by atoms with Crippen LogP contribution >= 0.6 is 0 Å². The van der Waals surface area contributed by atoms with Gasteiger partial charge in [-0.2, -0.15) is 4.98 Å². The monoisotopic (exact) mass is 292 g/mol. The van der Waals surface area contributed by atoms with Gasteiger partial charge in [-0.25, -0.2) is 0 Å². The van der Waals surface area contributed by atoms with E-state index in [-0.39, 0.29) is 6.61 Å². The summed E-state index contributed by atoms with van der Waals surface area (Å²) < 4.78 is 16.0. The van der Waals surface area contributed by atoms with Crippen LogP contribution in [0.4, 0.5) is 0 Å². The number of methoxy groups -OCH3 is 1. The summed E-state index contributed by atoms with van der Waals surface area (Å²) in [6, 6.07) is 5.29. The van der Waals surface area contributed by atoms with Crippen LogP contribution < -0.4 is 9.47 Å². The van der Waals surface area contributed by atoms with Crippen LogP contribution in [0.1, 0.15) is 43.7 Å². The van der Waals surface area contributed by atoms with Gasteiger partial charge in [0.25, 0.3) is 5.89 Å². The number of nitrogens with zero attached hydrogens (tertiary/aromatic N) is 2. The Balaban J connectivity index is 2.04. The number of aryl methyl sites for hydroxylation is 1. The maximum absolute atomic E-state index is 9.57. The third-order valence-electron chi connectivity index (χ3n) is 3.00. The summed E-state index contributed by atoms with van der Waals surface area (Å²) in [5, 5.41) is 13.4. The zero-order chi connectivity index (χ0) is 15.2. The minimum absolute atomic E-state index is 0.182. The SMILES string of the molecule is CCCc1noc(COc2ccc(C(C)O)cc2OC)n1. The highest BCUT2D eigenvalue weighted by atomic mass is 16.5. The molecular formula is C15H20N2O4. The van der Waals surface area contributed by atoms with Crippen LogP contribution in [0.3, 0.4) is 0 Å². The van der Waals surface area contributed by atoms with E-state index in [0.29, 0.717) is 23.2 Å². The van der Waals surface area contributed by atoms with Gasteiger partial charge in [-0.3, -0.25) is 0 Å². The predicted octanol–water partition coefficient (Wildman–Crippen LogP) is 2.66. The molecule has 2 rings (SSSR count). The molecule has 0 fully saturated rings. The quantitative estimate of drug-likeness (QED) is 0.845. The summed E-state index contributed by atoms with van der Waals surface area (Å²) in [5.74, 6) is 2.24. The second-order valence-corrected chi connectivity index (χ2v) is 4.73. The van der Waals surface area contributed by atoms with Crippen LogP contribution in [0.2, 0.25) is 0 Å². The van der Waals surface area contributed by atoms with E-state index in [0.717, 1.165) is 18.4 Å². The lowest BCUT2D eigenvalue weighted by molar-refractivity contribution is 0.198. The molecule has 1 N–H and O–H groups in total. The average Bonchev–Trinajstić information content (AvgIpc) is 2.93. The Morgan fingerprint density at radius 2 is 2.14 bits per heavy atom. The number of hydrogen-bond acceptors (Lipinski definition) is 6. The molecule has 0 radical (unpaired) electrons. The van der Waals surface area contributed by atoms with E-state index in [4.69, 9.17) is 14.0 Å². The van der Waals surface area contributed by atoms with Gasteiger partial charge in [0, 0.05) is 6.42 Å². The zero-order valence-corrected chi connectivity index (χ0v) is 12.5. The van der Waals surface area contributed by atoms with Crippen molar-refractivity contribution in [3.8, 4) is 11.5 Å². The highest BCUT2D eigenvalue weighted by Gasteiger charge is 2.11. The van der Waals surface area contributed by atoms with Crippen molar-refractivity contribution < 1.29 is 19.1 Å².